The number of nitrogens with zero attached hydrogens (tertiary/aromatic N) is 1. The van der Waals surface area contributed by atoms with Crippen molar-refractivity contribution in [1.82, 2.24) is 10.2 Å². The molecule has 0 radical (unpaired) electrons. The second-order valence-electron chi connectivity index (χ2n) is 6.11. The van der Waals surface area contributed by atoms with Gasteiger partial charge in [0, 0.05) is 36.8 Å². The van der Waals surface area contributed by atoms with E-state index in [-0.39, 0.29) is 5.54 Å². The highest BCUT2D eigenvalue weighted by Crippen LogP contribution is 2.22. The summed E-state index contributed by atoms with van der Waals surface area (Å²) < 4.78 is 5.16. The molecule has 1 aliphatic heterocycles. The van der Waals surface area contributed by atoms with Gasteiger partial charge in [-0.15, -0.1) is 0 Å². The van der Waals surface area contributed by atoms with Crippen molar-refractivity contribution in [3.8, 4) is 0 Å². The molecule has 0 spiro atoms. The lowest BCUT2D eigenvalue weighted by molar-refractivity contribution is 0.0626. The molecule has 0 aromatic carbocycles. The molecular weight excluding hydrogens is 212 g/mol. The van der Waals surface area contributed by atoms with Crippen molar-refractivity contribution in [2.24, 2.45) is 5.92 Å². The number of hydrogen-bond donors (Lipinski definition) is 1. The van der Waals surface area contributed by atoms with Crippen LogP contribution >= 0.6 is 0 Å². The maximum atomic E-state index is 5.16. The van der Waals surface area contributed by atoms with E-state index in [4.69, 9.17) is 4.42 Å². The van der Waals surface area contributed by atoms with E-state index in [9.17, 15) is 0 Å². The Morgan fingerprint density at radius 2 is 2.29 bits per heavy atom. The van der Waals surface area contributed by atoms with Crippen molar-refractivity contribution >= 4 is 0 Å². The third-order valence-electron chi connectivity index (χ3n) is 3.59. The molecule has 2 rings (SSSR count). The van der Waals surface area contributed by atoms with Gasteiger partial charge >= 0.3 is 0 Å². The van der Waals surface area contributed by atoms with Gasteiger partial charge in [0.05, 0.1) is 12.5 Å². The number of piperazine rings is 1. The fourth-order valence-electron chi connectivity index (χ4n) is 2.64. The summed E-state index contributed by atoms with van der Waals surface area (Å²) in [5.41, 5.74) is 1.48. The van der Waals surface area contributed by atoms with Gasteiger partial charge in [-0.2, -0.15) is 0 Å². The Balaban J connectivity index is 2.08. The third-order valence-corrected chi connectivity index (χ3v) is 3.59. The molecule has 2 heterocycles. The second kappa shape index (κ2) is 4.83. The van der Waals surface area contributed by atoms with Gasteiger partial charge in [0.15, 0.2) is 0 Å². The lowest BCUT2D eigenvalue weighted by Crippen LogP contribution is -2.62. The van der Waals surface area contributed by atoms with Gasteiger partial charge in [-0.1, -0.05) is 13.8 Å². The highest BCUT2D eigenvalue weighted by Gasteiger charge is 2.33. The summed E-state index contributed by atoms with van der Waals surface area (Å²) in [6.07, 6.45) is 3.61. The maximum Gasteiger partial charge on any atom is 0.0947 e. The van der Waals surface area contributed by atoms with Crippen LogP contribution in [0, 0.1) is 5.92 Å². The number of rotatable bonds is 3. The lowest BCUT2D eigenvalue weighted by atomic mass is 9.93. The van der Waals surface area contributed by atoms with Crippen LogP contribution in [0.3, 0.4) is 0 Å². The molecule has 1 atom stereocenters. The van der Waals surface area contributed by atoms with E-state index in [0.29, 0.717) is 12.0 Å². The molecule has 1 saturated heterocycles. The average Bonchev–Trinajstić information content (AvgIpc) is 2.68. The van der Waals surface area contributed by atoms with Gasteiger partial charge in [0.1, 0.15) is 0 Å². The Hall–Kier alpha value is -0.800. The molecule has 1 N–H and O–H groups in total. The quantitative estimate of drug-likeness (QED) is 0.874. The number of hydrogen-bond acceptors (Lipinski definition) is 3. The van der Waals surface area contributed by atoms with Crippen molar-refractivity contribution < 1.29 is 4.42 Å². The standard InChI is InChI=1S/C14H24N2O/c1-11(2)13-7-15-14(3,4)10-16(13)8-12-5-6-17-9-12/h5-6,9,11,13,15H,7-8,10H2,1-4H3. The molecule has 1 aromatic heterocycles. The SMILES string of the molecule is CC(C)C1CNC(C)(C)CN1Cc1ccoc1. The summed E-state index contributed by atoms with van der Waals surface area (Å²) in [7, 11) is 0. The lowest BCUT2D eigenvalue weighted by Gasteiger charge is -2.46. The summed E-state index contributed by atoms with van der Waals surface area (Å²) in [4.78, 5) is 2.58. The summed E-state index contributed by atoms with van der Waals surface area (Å²) in [6.45, 7) is 12.3. The van der Waals surface area contributed by atoms with Crippen LogP contribution in [0.15, 0.2) is 23.0 Å². The van der Waals surface area contributed by atoms with Crippen LogP contribution in [0.2, 0.25) is 0 Å². The molecule has 17 heavy (non-hydrogen) atoms. The van der Waals surface area contributed by atoms with E-state index in [1.807, 2.05) is 6.26 Å². The minimum absolute atomic E-state index is 0.203. The number of nitrogens with one attached hydrogen (secondary N) is 1. The molecule has 0 amide bonds. The van der Waals surface area contributed by atoms with Crippen LogP contribution in [0.1, 0.15) is 33.3 Å². The number of furan rings is 1. The summed E-state index contributed by atoms with van der Waals surface area (Å²) in [5.74, 6) is 0.672. The molecule has 0 bridgehead atoms. The summed E-state index contributed by atoms with van der Waals surface area (Å²) in [5, 5.41) is 3.63. The minimum Gasteiger partial charge on any atom is -0.472 e. The first-order chi connectivity index (χ1) is 7.98. The van der Waals surface area contributed by atoms with E-state index in [1.54, 1.807) is 6.26 Å². The molecule has 1 unspecified atom stereocenters. The predicted octanol–water partition coefficient (Wildman–Crippen LogP) is 2.49. The Morgan fingerprint density at radius 1 is 1.53 bits per heavy atom. The molecule has 1 aromatic rings. The van der Waals surface area contributed by atoms with Gasteiger partial charge < -0.3 is 9.73 Å². The van der Waals surface area contributed by atoms with Crippen molar-refractivity contribution in [3.05, 3.63) is 24.2 Å². The smallest absolute Gasteiger partial charge is 0.0947 e. The monoisotopic (exact) mass is 236 g/mol. The van der Waals surface area contributed by atoms with Crippen LogP contribution in [0.5, 0.6) is 0 Å². The van der Waals surface area contributed by atoms with E-state index in [1.165, 1.54) is 5.56 Å². The molecule has 1 fully saturated rings. The van der Waals surface area contributed by atoms with Gasteiger partial charge in [0.25, 0.3) is 0 Å². The maximum absolute atomic E-state index is 5.16. The van der Waals surface area contributed by atoms with E-state index in [2.05, 4.69) is 44.0 Å². The summed E-state index contributed by atoms with van der Waals surface area (Å²) in [6, 6.07) is 2.67. The largest absolute Gasteiger partial charge is 0.472 e. The van der Waals surface area contributed by atoms with E-state index >= 15 is 0 Å². The highest BCUT2D eigenvalue weighted by atomic mass is 16.3. The molecule has 3 heteroatoms. The first-order valence-corrected chi connectivity index (χ1v) is 6.48. The minimum atomic E-state index is 0.203. The zero-order valence-corrected chi connectivity index (χ0v) is 11.4. The molecule has 3 nitrogen and oxygen atoms in total. The highest BCUT2D eigenvalue weighted by molar-refractivity contribution is 5.07. The topological polar surface area (TPSA) is 28.4 Å². The normalized spacial score (nSPS) is 25.4. The van der Waals surface area contributed by atoms with Crippen LogP contribution in [-0.4, -0.2) is 29.6 Å². The Bertz CT molecular complexity index is 343. The third kappa shape index (κ3) is 3.11. The first kappa shape index (κ1) is 12.7. The second-order valence-corrected chi connectivity index (χ2v) is 6.11. The predicted molar refractivity (Wildman–Crippen MR) is 69.8 cm³/mol. The van der Waals surface area contributed by atoms with Crippen molar-refractivity contribution in [3.63, 3.8) is 0 Å². The van der Waals surface area contributed by atoms with E-state index < -0.39 is 0 Å². The zero-order chi connectivity index (χ0) is 12.5. The van der Waals surface area contributed by atoms with Gasteiger partial charge in [-0.3, -0.25) is 4.90 Å². The fourth-order valence-corrected chi connectivity index (χ4v) is 2.64. The van der Waals surface area contributed by atoms with Crippen molar-refractivity contribution in [2.45, 2.75) is 45.8 Å². The van der Waals surface area contributed by atoms with Crippen LogP contribution in [-0.2, 0) is 6.54 Å². The molecule has 1 aliphatic rings. The van der Waals surface area contributed by atoms with Crippen molar-refractivity contribution in [1.29, 1.82) is 0 Å². The van der Waals surface area contributed by atoms with Gasteiger partial charge in [0.2, 0.25) is 0 Å². The molecule has 0 saturated carbocycles. The Labute approximate surface area is 104 Å². The fraction of sp³-hybridized carbons (Fsp3) is 0.714. The van der Waals surface area contributed by atoms with E-state index in [0.717, 1.165) is 19.6 Å². The first-order valence-electron chi connectivity index (χ1n) is 6.48. The molecule has 96 valence electrons. The van der Waals surface area contributed by atoms with Crippen LogP contribution in [0.4, 0.5) is 0 Å². The molecular formula is C14H24N2O. The van der Waals surface area contributed by atoms with Crippen LogP contribution in [0.25, 0.3) is 0 Å². The summed E-state index contributed by atoms with van der Waals surface area (Å²) >= 11 is 0. The van der Waals surface area contributed by atoms with Crippen LogP contribution < -0.4 is 5.32 Å². The Morgan fingerprint density at radius 3 is 2.88 bits per heavy atom. The Kier molecular flexibility index (Phi) is 3.59. The molecule has 0 aliphatic carbocycles. The van der Waals surface area contributed by atoms with Gasteiger partial charge in [-0.05, 0) is 25.8 Å². The van der Waals surface area contributed by atoms with Crippen molar-refractivity contribution in [2.75, 3.05) is 13.1 Å². The zero-order valence-electron chi connectivity index (χ0n) is 11.4. The van der Waals surface area contributed by atoms with Gasteiger partial charge in [-0.25, -0.2) is 0 Å². The average molecular weight is 236 g/mol.